The molecule has 2 rings (SSSR count). The molecule has 19 heavy (non-hydrogen) atoms. The van der Waals surface area contributed by atoms with Gasteiger partial charge in [-0.3, -0.25) is 4.79 Å². The van der Waals surface area contributed by atoms with Crippen LogP contribution in [0.5, 0.6) is 5.75 Å². The van der Waals surface area contributed by atoms with E-state index in [1.807, 2.05) is 0 Å². The first-order valence-corrected chi connectivity index (χ1v) is 5.84. The maximum Gasteiger partial charge on any atom is 0.196 e. The third-order valence-electron chi connectivity index (χ3n) is 2.67. The molecule has 98 valence electrons. The van der Waals surface area contributed by atoms with Crippen molar-refractivity contribution in [3.05, 3.63) is 58.4 Å². The Bertz CT molecular complexity index is 643. The molecule has 2 N–H and O–H groups in total. The van der Waals surface area contributed by atoms with Gasteiger partial charge in [0.1, 0.15) is 11.6 Å². The molecule has 0 aliphatic heterocycles. The Labute approximate surface area is 114 Å². The first-order valence-electron chi connectivity index (χ1n) is 5.46. The predicted molar refractivity (Wildman–Crippen MR) is 72.2 cm³/mol. The Morgan fingerprint density at radius 2 is 2.00 bits per heavy atom. The fourth-order valence-corrected chi connectivity index (χ4v) is 1.86. The normalized spacial score (nSPS) is 10.3. The van der Waals surface area contributed by atoms with Crippen LogP contribution in [0.2, 0.25) is 5.02 Å². The molecule has 0 aromatic heterocycles. The van der Waals surface area contributed by atoms with Gasteiger partial charge in [-0.05, 0) is 36.4 Å². The average molecular weight is 280 g/mol. The Morgan fingerprint density at radius 3 is 2.63 bits per heavy atom. The fraction of sp³-hybridized carbons (Fsp3) is 0.0714. The number of nitrogens with two attached hydrogens (primary N) is 1. The number of anilines is 1. The van der Waals surface area contributed by atoms with Crippen molar-refractivity contribution in [1.82, 2.24) is 0 Å². The molecule has 3 nitrogen and oxygen atoms in total. The molecule has 0 radical (unpaired) electrons. The predicted octanol–water partition coefficient (Wildman–Crippen LogP) is 3.30. The van der Waals surface area contributed by atoms with Gasteiger partial charge < -0.3 is 10.5 Å². The molecule has 0 bridgehead atoms. The Kier molecular flexibility index (Phi) is 3.71. The summed E-state index contributed by atoms with van der Waals surface area (Å²) in [7, 11) is 1.42. The standard InChI is InChI=1S/C14H11ClFNO2/c1-19-13-5-3-9(16)7-10(13)14(18)8-2-4-12(17)11(15)6-8/h2-7H,17H2,1H3. The number of ether oxygens (including phenoxy) is 1. The van der Waals surface area contributed by atoms with E-state index in [0.29, 0.717) is 17.0 Å². The van der Waals surface area contributed by atoms with Crippen LogP contribution in [0.25, 0.3) is 0 Å². The topological polar surface area (TPSA) is 52.3 Å². The molecule has 0 saturated carbocycles. The van der Waals surface area contributed by atoms with Crippen LogP contribution in [0.4, 0.5) is 10.1 Å². The van der Waals surface area contributed by atoms with Crippen molar-refractivity contribution in [2.24, 2.45) is 0 Å². The van der Waals surface area contributed by atoms with Crippen LogP contribution >= 0.6 is 11.6 Å². The lowest BCUT2D eigenvalue weighted by atomic mass is 10.0. The van der Waals surface area contributed by atoms with Gasteiger partial charge in [-0.15, -0.1) is 0 Å². The minimum atomic E-state index is -0.509. The van der Waals surface area contributed by atoms with Gasteiger partial charge >= 0.3 is 0 Å². The number of halogens is 2. The molecule has 2 aromatic carbocycles. The molecule has 2 aromatic rings. The van der Waals surface area contributed by atoms with E-state index in [1.54, 1.807) is 0 Å². The molecule has 0 heterocycles. The Hall–Kier alpha value is -2.07. The molecule has 0 aliphatic carbocycles. The van der Waals surface area contributed by atoms with E-state index in [0.717, 1.165) is 6.07 Å². The van der Waals surface area contributed by atoms with Gasteiger partial charge in [-0.2, -0.15) is 0 Å². The zero-order valence-corrected chi connectivity index (χ0v) is 10.9. The van der Waals surface area contributed by atoms with Crippen molar-refractivity contribution in [1.29, 1.82) is 0 Å². The minimum Gasteiger partial charge on any atom is -0.496 e. The highest BCUT2D eigenvalue weighted by molar-refractivity contribution is 6.33. The SMILES string of the molecule is COc1ccc(F)cc1C(=O)c1ccc(N)c(Cl)c1. The van der Waals surface area contributed by atoms with Crippen molar-refractivity contribution >= 4 is 23.1 Å². The average Bonchev–Trinajstić information content (AvgIpc) is 2.41. The van der Waals surface area contributed by atoms with Gasteiger partial charge in [-0.1, -0.05) is 11.6 Å². The van der Waals surface area contributed by atoms with Gasteiger partial charge in [-0.25, -0.2) is 4.39 Å². The number of carbonyl (C=O) groups excluding carboxylic acids is 1. The number of hydrogen-bond donors (Lipinski definition) is 1. The second kappa shape index (κ2) is 5.28. The summed E-state index contributed by atoms with van der Waals surface area (Å²) < 4.78 is 18.3. The fourth-order valence-electron chi connectivity index (χ4n) is 1.68. The first kappa shape index (κ1) is 13.4. The second-order valence-corrected chi connectivity index (χ2v) is 4.32. The Morgan fingerprint density at radius 1 is 1.26 bits per heavy atom. The van der Waals surface area contributed by atoms with E-state index in [-0.39, 0.29) is 16.4 Å². The molecule has 0 unspecified atom stereocenters. The van der Waals surface area contributed by atoms with Crippen LogP contribution in [0.15, 0.2) is 36.4 Å². The third-order valence-corrected chi connectivity index (χ3v) is 3.00. The summed E-state index contributed by atoms with van der Waals surface area (Å²) in [6, 6.07) is 8.28. The molecule has 0 aliphatic rings. The molecular formula is C14H11ClFNO2. The van der Waals surface area contributed by atoms with Crippen LogP contribution in [-0.2, 0) is 0 Å². The molecule has 0 amide bonds. The molecule has 5 heteroatoms. The molecule has 0 spiro atoms. The van der Waals surface area contributed by atoms with Crippen molar-refractivity contribution < 1.29 is 13.9 Å². The summed E-state index contributed by atoms with van der Waals surface area (Å²) in [6.45, 7) is 0. The number of benzene rings is 2. The van der Waals surface area contributed by atoms with Gasteiger partial charge in [0.15, 0.2) is 5.78 Å². The largest absolute Gasteiger partial charge is 0.496 e. The number of hydrogen-bond acceptors (Lipinski definition) is 3. The van der Waals surface area contributed by atoms with E-state index in [1.165, 1.54) is 37.4 Å². The summed E-state index contributed by atoms with van der Waals surface area (Å²) in [5.41, 5.74) is 6.42. The maximum atomic E-state index is 13.2. The van der Waals surface area contributed by atoms with E-state index in [2.05, 4.69) is 0 Å². The highest BCUT2D eigenvalue weighted by Crippen LogP contribution is 2.25. The number of carbonyl (C=O) groups is 1. The van der Waals surface area contributed by atoms with E-state index in [9.17, 15) is 9.18 Å². The number of ketones is 1. The van der Waals surface area contributed by atoms with E-state index in [4.69, 9.17) is 22.1 Å². The number of methoxy groups -OCH3 is 1. The Balaban J connectivity index is 2.49. The van der Waals surface area contributed by atoms with Crippen LogP contribution in [0.3, 0.4) is 0 Å². The maximum absolute atomic E-state index is 13.2. The van der Waals surface area contributed by atoms with E-state index < -0.39 is 5.82 Å². The summed E-state index contributed by atoms with van der Waals surface area (Å²) in [5, 5.41) is 0.279. The van der Waals surface area contributed by atoms with Gasteiger partial charge in [0.25, 0.3) is 0 Å². The zero-order valence-electron chi connectivity index (χ0n) is 10.1. The lowest BCUT2D eigenvalue weighted by Crippen LogP contribution is -2.05. The highest BCUT2D eigenvalue weighted by Gasteiger charge is 2.16. The summed E-state index contributed by atoms with van der Waals surface area (Å²) in [5.74, 6) is -0.580. The third kappa shape index (κ3) is 2.69. The van der Waals surface area contributed by atoms with Crippen LogP contribution in [0, 0.1) is 5.82 Å². The lowest BCUT2D eigenvalue weighted by molar-refractivity contribution is 0.103. The molecule has 0 atom stereocenters. The summed E-state index contributed by atoms with van der Waals surface area (Å²) in [6.07, 6.45) is 0. The zero-order chi connectivity index (χ0) is 14.0. The van der Waals surface area contributed by atoms with Crippen molar-refractivity contribution in [2.45, 2.75) is 0 Å². The molecule has 0 saturated heterocycles. The monoisotopic (exact) mass is 279 g/mol. The minimum absolute atomic E-state index is 0.142. The molecular weight excluding hydrogens is 269 g/mol. The quantitative estimate of drug-likeness (QED) is 0.693. The molecule has 0 fully saturated rings. The number of rotatable bonds is 3. The lowest BCUT2D eigenvalue weighted by Gasteiger charge is -2.08. The van der Waals surface area contributed by atoms with Crippen molar-refractivity contribution in [3.63, 3.8) is 0 Å². The van der Waals surface area contributed by atoms with Crippen LogP contribution in [0.1, 0.15) is 15.9 Å². The first-order chi connectivity index (χ1) is 9.02. The van der Waals surface area contributed by atoms with Crippen LogP contribution < -0.4 is 10.5 Å². The highest BCUT2D eigenvalue weighted by atomic mass is 35.5. The van der Waals surface area contributed by atoms with Crippen molar-refractivity contribution in [3.8, 4) is 5.75 Å². The summed E-state index contributed by atoms with van der Waals surface area (Å²) in [4.78, 5) is 12.3. The van der Waals surface area contributed by atoms with Gasteiger partial charge in [0.2, 0.25) is 0 Å². The number of nitrogen functional groups attached to an aromatic ring is 1. The van der Waals surface area contributed by atoms with Gasteiger partial charge in [0, 0.05) is 5.56 Å². The van der Waals surface area contributed by atoms with Gasteiger partial charge in [0.05, 0.1) is 23.4 Å². The second-order valence-electron chi connectivity index (χ2n) is 3.91. The smallest absolute Gasteiger partial charge is 0.196 e. The van der Waals surface area contributed by atoms with E-state index >= 15 is 0 Å². The summed E-state index contributed by atoms with van der Waals surface area (Å²) >= 11 is 5.87. The van der Waals surface area contributed by atoms with Crippen molar-refractivity contribution in [2.75, 3.05) is 12.8 Å². The van der Waals surface area contributed by atoms with Crippen LogP contribution in [-0.4, -0.2) is 12.9 Å².